The number of fused-ring (bicyclic) bond motifs is 7. The van der Waals surface area contributed by atoms with Gasteiger partial charge in [-0.2, -0.15) is 0 Å². The Bertz CT molecular complexity index is 1580. The number of benzene rings is 1. The van der Waals surface area contributed by atoms with E-state index in [9.17, 15) is 19.5 Å². The molecule has 0 bridgehead atoms. The van der Waals surface area contributed by atoms with Crippen molar-refractivity contribution in [2.45, 2.75) is 145 Å². The van der Waals surface area contributed by atoms with E-state index in [-0.39, 0.29) is 57.5 Å². The number of carboxylic acid groups (broad SMARTS) is 1. The van der Waals surface area contributed by atoms with Gasteiger partial charge in [-0.3, -0.25) is 14.4 Å². The van der Waals surface area contributed by atoms with E-state index in [1.165, 1.54) is 5.57 Å². The molecule has 5 aliphatic carbocycles. The number of aliphatic carboxylic acids is 1. The predicted octanol–water partition coefficient (Wildman–Crippen LogP) is 9.94. The van der Waals surface area contributed by atoms with Crippen molar-refractivity contribution in [3.05, 3.63) is 42.0 Å². The standard InChI is InChI=1S/C45H67NO6/c1-27(2)31-18-23-45(38(48)46-28(3)29-12-14-30(51-11)15-13-29)25-24-43(9)32(37(31)45)16-17-34-42(8)21-20-35(52-36(47)26-40(4,5)39(49)50)41(6,7)33(42)19-22-44(34,43)10/h12-15,28,31-35,37H,1,16-26H2,2-11H3,(H,46,48)(H,49,50)/t28-,31-,32+,33-,34+,35-,37+,42-,43+,44+,45-/m0/s1. The lowest BCUT2D eigenvalue weighted by molar-refractivity contribution is -0.249. The normalized spacial score (nSPS) is 39.8. The minimum Gasteiger partial charge on any atom is -0.497 e. The molecule has 0 aromatic heterocycles. The second-order valence-electron chi connectivity index (χ2n) is 20.0. The number of hydrogen-bond acceptors (Lipinski definition) is 5. The summed E-state index contributed by atoms with van der Waals surface area (Å²) in [6, 6.07) is 7.96. The molecule has 288 valence electrons. The molecule has 0 aliphatic heterocycles. The maximum absolute atomic E-state index is 14.7. The Hall–Kier alpha value is -2.83. The molecule has 0 saturated heterocycles. The Morgan fingerprint density at radius 3 is 2.19 bits per heavy atom. The molecular weight excluding hydrogens is 650 g/mol. The topological polar surface area (TPSA) is 102 Å². The van der Waals surface area contributed by atoms with Crippen LogP contribution >= 0.6 is 0 Å². The molecule has 52 heavy (non-hydrogen) atoms. The van der Waals surface area contributed by atoms with E-state index in [4.69, 9.17) is 9.47 Å². The molecule has 7 heteroatoms. The number of rotatable bonds is 9. The molecule has 2 N–H and O–H groups in total. The Kier molecular flexibility index (Phi) is 9.86. The fraction of sp³-hybridized carbons (Fsp3) is 0.756. The number of amides is 1. The molecule has 5 saturated carbocycles. The summed E-state index contributed by atoms with van der Waals surface area (Å²) in [7, 11) is 1.67. The molecule has 0 heterocycles. The smallest absolute Gasteiger partial charge is 0.309 e. The van der Waals surface area contributed by atoms with E-state index >= 15 is 0 Å². The zero-order valence-corrected chi connectivity index (χ0v) is 33.8. The highest BCUT2D eigenvalue weighted by Crippen LogP contribution is 2.77. The Labute approximate surface area is 313 Å². The number of carbonyl (C=O) groups excluding carboxylic acids is 2. The van der Waals surface area contributed by atoms with Gasteiger partial charge in [0, 0.05) is 5.41 Å². The van der Waals surface area contributed by atoms with Gasteiger partial charge in [-0.1, -0.05) is 58.9 Å². The second-order valence-corrected chi connectivity index (χ2v) is 20.0. The van der Waals surface area contributed by atoms with Gasteiger partial charge in [0.05, 0.1) is 30.4 Å². The van der Waals surface area contributed by atoms with Crippen LogP contribution in [0.3, 0.4) is 0 Å². The van der Waals surface area contributed by atoms with Crippen molar-refractivity contribution in [2.24, 2.45) is 62.1 Å². The number of nitrogens with one attached hydrogen (secondary N) is 1. The molecule has 11 atom stereocenters. The molecule has 5 fully saturated rings. The average Bonchev–Trinajstić information content (AvgIpc) is 3.47. The van der Waals surface area contributed by atoms with Crippen LogP contribution < -0.4 is 10.1 Å². The van der Waals surface area contributed by atoms with E-state index in [0.717, 1.165) is 75.5 Å². The summed E-state index contributed by atoms with van der Waals surface area (Å²) in [6.45, 7) is 24.4. The Morgan fingerprint density at radius 2 is 1.58 bits per heavy atom. The monoisotopic (exact) mass is 717 g/mol. The molecule has 0 unspecified atom stereocenters. The van der Waals surface area contributed by atoms with Gasteiger partial charge in [0.15, 0.2) is 0 Å². The van der Waals surface area contributed by atoms with Gasteiger partial charge in [-0.05, 0) is 155 Å². The van der Waals surface area contributed by atoms with Crippen LogP contribution in [0.2, 0.25) is 0 Å². The third kappa shape index (κ3) is 5.84. The van der Waals surface area contributed by atoms with Gasteiger partial charge in [-0.25, -0.2) is 0 Å². The number of esters is 1. The lowest BCUT2D eigenvalue weighted by atomic mass is 9.32. The van der Waals surface area contributed by atoms with Crippen LogP contribution in [0.25, 0.3) is 0 Å². The van der Waals surface area contributed by atoms with Crippen molar-refractivity contribution in [1.29, 1.82) is 0 Å². The molecule has 1 aromatic carbocycles. The van der Waals surface area contributed by atoms with Crippen LogP contribution in [-0.2, 0) is 19.1 Å². The van der Waals surface area contributed by atoms with E-state index in [0.29, 0.717) is 23.7 Å². The zero-order chi connectivity index (χ0) is 38.2. The highest BCUT2D eigenvalue weighted by atomic mass is 16.5. The lowest BCUT2D eigenvalue weighted by Gasteiger charge is -2.72. The number of carbonyl (C=O) groups is 3. The van der Waals surface area contributed by atoms with Gasteiger partial charge < -0.3 is 19.9 Å². The van der Waals surface area contributed by atoms with E-state index in [1.807, 2.05) is 12.1 Å². The average molecular weight is 718 g/mol. The molecular formula is C45H67NO6. The zero-order valence-electron chi connectivity index (χ0n) is 33.8. The maximum atomic E-state index is 14.7. The Morgan fingerprint density at radius 1 is 0.904 bits per heavy atom. The van der Waals surface area contributed by atoms with Crippen molar-refractivity contribution in [2.75, 3.05) is 7.11 Å². The largest absolute Gasteiger partial charge is 0.497 e. The van der Waals surface area contributed by atoms with Gasteiger partial charge in [0.25, 0.3) is 0 Å². The predicted molar refractivity (Wildman–Crippen MR) is 204 cm³/mol. The summed E-state index contributed by atoms with van der Waals surface area (Å²) >= 11 is 0. The van der Waals surface area contributed by atoms with Gasteiger partial charge >= 0.3 is 11.9 Å². The first-order chi connectivity index (χ1) is 24.2. The first-order valence-electron chi connectivity index (χ1n) is 20.2. The van der Waals surface area contributed by atoms with Crippen molar-refractivity contribution in [1.82, 2.24) is 5.32 Å². The third-order valence-corrected chi connectivity index (χ3v) is 16.9. The quantitative estimate of drug-likeness (QED) is 0.195. The highest BCUT2D eigenvalue weighted by molar-refractivity contribution is 5.84. The third-order valence-electron chi connectivity index (χ3n) is 16.9. The van der Waals surface area contributed by atoms with Crippen LogP contribution in [-0.4, -0.2) is 36.2 Å². The van der Waals surface area contributed by atoms with Crippen LogP contribution in [0.5, 0.6) is 5.75 Å². The van der Waals surface area contributed by atoms with E-state index in [2.05, 4.69) is 72.5 Å². The molecule has 5 aliphatic rings. The fourth-order valence-corrected chi connectivity index (χ4v) is 13.7. The van der Waals surface area contributed by atoms with Gasteiger partial charge in [0.1, 0.15) is 11.9 Å². The fourth-order valence-electron chi connectivity index (χ4n) is 13.7. The van der Waals surface area contributed by atoms with Gasteiger partial charge in [0.2, 0.25) is 5.91 Å². The maximum Gasteiger partial charge on any atom is 0.309 e. The van der Waals surface area contributed by atoms with Crippen LogP contribution in [0.15, 0.2) is 36.4 Å². The van der Waals surface area contributed by atoms with E-state index < -0.39 is 17.4 Å². The summed E-state index contributed by atoms with van der Waals surface area (Å²) in [4.78, 5) is 39.6. The van der Waals surface area contributed by atoms with Crippen molar-refractivity contribution in [3.8, 4) is 5.75 Å². The van der Waals surface area contributed by atoms with Crippen LogP contribution in [0, 0.1) is 62.1 Å². The second kappa shape index (κ2) is 13.2. The SMILES string of the molecule is C=C(C)[C@@H]1CC[C@]2(C(=O)N[C@@H](C)c3ccc(OC)cc3)CC[C@]3(C)[C@H](CC[C@@H]4[C@@]5(C)CC[C@H](OC(=O)CC(C)(C)C(=O)O)C(C)(C)[C@@H]5CC[C@]43C)[C@@H]12. The summed E-state index contributed by atoms with van der Waals surface area (Å²) in [5, 5.41) is 13.1. The number of carboxylic acids is 1. The summed E-state index contributed by atoms with van der Waals surface area (Å²) in [6.07, 6.45) is 9.97. The number of allylic oxidation sites excluding steroid dienone is 1. The first kappa shape index (κ1) is 38.9. The summed E-state index contributed by atoms with van der Waals surface area (Å²) < 4.78 is 11.6. The molecule has 1 aromatic rings. The number of hydrogen-bond donors (Lipinski definition) is 2. The summed E-state index contributed by atoms with van der Waals surface area (Å²) in [5.41, 5.74) is 0.922. The molecule has 6 rings (SSSR count). The number of ether oxygens (including phenoxy) is 2. The van der Waals surface area contributed by atoms with Crippen LogP contribution in [0.4, 0.5) is 0 Å². The molecule has 7 nitrogen and oxygen atoms in total. The minimum atomic E-state index is -1.15. The molecule has 0 spiro atoms. The summed E-state index contributed by atoms with van der Waals surface area (Å²) in [5.74, 6) is 1.71. The van der Waals surface area contributed by atoms with Crippen LogP contribution in [0.1, 0.15) is 145 Å². The van der Waals surface area contributed by atoms with Crippen molar-refractivity contribution >= 4 is 17.8 Å². The number of methoxy groups -OCH3 is 1. The molecule has 1 amide bonds. The highest BCUT2D eigenvalue weighted by Gasteiger charge is 2.72. The van der Waals surface area contributed by atoms with Gasteiger partial charge in [-0.15, -0.1) is 0 Å². The van der Waals surface area contributed by atoms with Crippen molar-refractivity contribution < 1.29 is 29.0 Å². The van der Waals surface area contributed by atoms with E-state index in [1.54, 1.807) is 21.0 Å². The van der Waals surface area contributed by atoms with Crippen molar-refractivity contribution in [3.63, 3.8) is 0 Å². The molecule has 0 radical (unpaired) electrons. The minimum absolute atomic E-state index is 0.0875. The lowest BCUT2D eigenvalue weighted by Crippen LogP contribution is -2.67. The first-order valence-corrected chi connectivity index (χ1v) is 20.2. The Balaban J connectivity index is 1.25.